The molecule has 13 heavy (non-hydrogen) atoms. The third kappa shape index (κ3) is 0.847. The number of Topliss-reactive ketones (excluding diaryl/α,β-unsaturated/α-hetero) is 1. The van der Waals surface area contributed by atoms with E-state index < -0.39 is 0 Å². The summed E-state index contributed by atoms with van der Waals surface area (Å²) in [5.41, 5.74) is 0. The monoisotopic (exact) mass is 180 g/mol. The first-order valence-corrected chi connectivity index (χ1v) is 5.00. The summed E-state index contributed by atoms with van der Waals surface area (Å²) in [5, 5.41) is 0. The summed E-state index contributed by atoms with van der Waals surface area (Å²) in [6.45, 7) is 0. The van der Waals surface area contributed by atoms with Gasteiger partial charge in [0.15, 0.2) is 0 Å². The van der Waals surface area contributed by atoms with Crippen LogP contribution in [0.4, 0.5) is 0 Å². The minimum atomic E-state index is -0.379. The van der Waals surface area contributed by atoms with Crippen LogP contribution in [0.5, 0.6) is 0 Å². The summed E-state index contributed by atoms with van der Waals surface area (Å²) in [6, 6.07) is 0. The molecule has 0 aromatic heterocycles. The maximum atomic E-state index is 11.5. The van der Waals surface area contributed by atoms with Gasteiger partial charge in [-0.25, -0.2) is 0 Å². The van der Waals surface area contributed by atoms with E-state index in [2.05, 4.69) is 0 Å². The van der Waals surface area contributed by atoms with Crippen molar-refractivity contribution in [3.8, 4) is 0 Å². The Kier molecular flexibility index (Phi) is 1.35. The first-order valence-electron chi connectivity index (χ1n) is 5.00. The SMILES string of the molecule is O=C1C[C@@H]2CCC[C@@H]3OC(=O)[C@H]1[C@H]23. The van der Waals surface area contributed by atoms with Gasteiger partial charge >= 0.3 is 5.97 Å². The molecule has 2 aliphatic carbocycles. The third-order valence-electron chi connectivity index (χ3n) is 3.75. The fraction of sp³-hybridized carbons (Fsp3) is 0.800. The van der Waals surface area contributed by atoms with E-state index in [0.29, 0.717) is 12.3 Å². The Balaban J connectivity index is 2.00. The van der Waals surface area contributed by atoms with Crippen molar-refractivity contribution in [3.63, 3.8) is 0 Å². The molecule has 2 saturated carbocycles. The molecule has 1 aliphatic heterocycles. The number of carbonyl (C=O) groups is 2. The van der Waals surface area contributed by atoms with Gasteiger partial charge in [-0.05, 0) is 25.2 Å². The molecule has 0 aromatic carbocycles. The van der Waals surface area contributed by atoms with E-state index in [1.165, 1.54) is 0 Å². The second-order valence-corrected chi connectivity index (χ2v) is 4.39. The molecule has 3 rings (SSSR count). The third-order valence-corrected chi connectivity index (χ3v) is 3.75. The van der Waals surface area contributed by atoms with Crippen LogP contribution in [0.25, 0.3) is 0 Å². The van der Waals surface area contributed by atoms with Crippen LogP contribution in [0.2, 0.25) is 0 Å². The van der Waals surface area contributed by atoms with Gasteiger partial charge in [-0.15, -0.1) is 0 Å². The van der Waals surface area contributed by atoms with Crippen LogP contribution in [0.15, 0.2) is 0 Å². The van der Waals surface area contributed by atoms with Crippen molar-refractivity contribution >= 4 is 11.8 Å². The second-order valence-electron chi connectivity index (χ2n) is 4.39. The van der Waals surface area contributed by atoms with Gasteiger partial charge in [0.1, 0.15) is 17.8 Å². The van der Waals surface area contributed by atoms with Crippen LogP contribution >= 0.6 is 0 Å². The van der Waals surface area contributed by atoms with Crippen molar-refractivity contribution in [1.82, 2.24) is 0 Å². The minimum absolute atomic E-state index is 0.0719. The lowest BCUT2D eigenvalue weighted by molar-refractivity contribution is -0.147. The van der Waals surface area contributed by atoms with E-state index in [-0.39, 0.29) is 29.7 Å². The average molecular weight is 180 g/mol. The first kappa shape index (κ1) is 7.54. The molecular formula is C10H12O3. The minimum Gasteiger partial charge on any atom is -0.461 e. The van der Waals surface area contributed by atoms with Crippen LogP contribution in [0.1, 0.15) is 25.7 Å². The Hall–Kier alpha value is -0.860. The molecule has 3 heteroatoms. The molecule has 0 N–H and O–H groups in total. The highest BCUT2D eigenvalue weighted by Crippen LogP contribution is 2.49. The van der Waals surface area contributed by atoms with Crippen molar-refractivity contribution < 1.29 is 14.3 Å². The van der Waals surface area contributed by atoms with Crippen LogP contribution in [0.3, 0.4) is 0 Å². The molecule has 0 amide bonds. The van der Waals surface area contributed by atoms with Crippen molar-refractivity contribution in [2.45, 2.75) is 31.8 Å². The zero-order valence-electron chi connectivity index (χ0n) is 7.36. The molecule has 0 bridgehead atoms. The number of hydrogen-bond donors (Lipinski definition) is 0. The lowest BCUT2D eigenvalue weighted by atomic mass is 9.78. The Morgan fingerprint density at radius 2 is 2.08 bits per heavy atom. The molecule has 3 nitrogen and oxygen atoms in total. The molecule has 1 saturated heterocycles. The van der Waals surface area contributed by atoms with Gasteiger partial charge in [-0.1, -0.05) is 0 Å². The van der Waals surface area contributed by atoms with E-state index in [9.17, 15) is 9.59 Å². The van der Waals surface area contributed by atoms with Gasteiger partial charge in [0.05, 0.1) is 0 Å². The maximum absolute atomic E-state index is 11.5. The Bertz CT molecular complexity index is 258. The van der Waals surface area contributed by atoms with Crippen LogP contribution in [-0.2, 0) is 14.3 Å². The summed E-state index contributed by atoms with van der Waals surface area (Å²) in [6.07, 6.45) is 3.89. The van der Waals surface area contributed by atoms with Gasteiger partial charge in [0.2, 0.25) is 0 Å². The predicted molar refractivity (Wildman–Crippen MR) is 43.8 cm³/mol. The number of ketones is 1. The van der Waals surface area contributed by atoms with E-state index in [1.807, 2.05) is 0 Å². The summed E-state index contributed by atoms with van der Waals surface area (Å²) in [4.78, 5) is 22.9. The molecule has 0 unspecified atom stereocenters. The van der Waals surface area contributed by atoms with Gasteiger partial charge in [-0.3, -0.25) is 9.59 Å². The second kappa shape index (κ2) is 2.34. The van der Waals surface area contributed by atoms with E-state index in [0.717, 1.165) is 19.3 Å². The zero-order chi connectivity index (χ0) is 9.00. The van der Waals surface area contributed by atoms with Crippen LogP contribution in [0, 0.1) is 17.8 Å². The highest BCUT2D eigenvalue weighted by Gasteiger charge is 2.57. The normalized spacial score (nSPS) is 47.7. The topological polar surface area (TPSA) is 43.4 Å². The summed E-state index contributed by atoms with van der Waals surface area (Å²) in [5.74, 6) is 0.195. The molecular weight excluding hydrogens is 168 g/mol. The highest BCUT2D eigenvalue weighted by atomic mass is 16.6. The van der Waals surface area contributed by atoms with E-state index in [4.69, 9.17) is 4.74 Å². The number of carbonyl (C=O) groups excluding carboxylic acids is 2. The molecule has 3 aliphatic rings. The van der Waals surface area contributed by atoms with Crippen molar-refractivity contribution in [3.05, 3.63) is 0 Å². The van der Waals surface area contributed by atoms with E-state index in [1.54, 1.807) is 0 Å². The lowest BCUT2D eigenvalue weighted by Crippen LogP contribution is -2.27. The number of hydrogen-bond acceptors (Lipinski definition) is 3. The Morgan fingerprint density at radius 1 is 1.23 bits per heavy atom. The standard InChI is InChI=1S/C10H12O3/c11-6-4-5-2-1-3-7-8(5)9(6)10(12)13-7/h5,7-9H,1-4H2/t5-,7-,8+,9+/m0/s1. The van der Waals surface area contributed by atoms with Gasteiger partial charge in [0, 0.05) is 12.3 Å². The average Bonchev–Trinajstić information content (AvgIpc) is 2.57. The highest BCUT2D eigenvalue weighted by molar-refractivity contribution is 6.02. The van der Waals surface area contributed by atoms with Crippen LogP contribution in [-0.4, -0.2) is 17.9 Å². The van der Waals surface area contributed by atoms with Gasteiger partial charge in [0.25, 0.3) is 0 Å². The molecule has 70 valence electrons. The molecule has 3 fully saturated rings. The Labute approximate surface area is 76.4 Å². The fourth-order valence-corrected chi connectivity index (χ4v) is 3.24. The smallest absolute Gasteiger partial charge is 0.317 e. The Morgan fingerprint density at radius 3 is 2.92 bits per heavy atom. The fourth-order valence-electron chi connectivity index (χ4n) is 3.24. The summed E-state index contributed by atoms with van der Waals surface area (Å²) in [7, 11) is 0. The first-order chi connectivity index (χ1) is 6.27. The quantitative estimate of drug-likeness (QED) is 0.411. The van der Waals surface area contributed by atoms with Gasteiger partial charge < -0.3 is 4.74 Å². The van der Waals surface area contributed by atoms with Gasteiger partial charge in [-0.2, -0.15) is 0 Å². The number of esters is 1. The molecule has 1 heterocycles. The number of ether oxygens (including phenoxy) is 1. The van der Waals surface area contributed by atoms with Crippen molar-refractivity contribution in [2.75, 3.05) is 0 Å². The van der Waals surface area contributed by atoms with Crippen molar-refractivity contribution in [2.24, 2.45) is 17.8 Å². The molecule has 0 radical (unpaired) electrons. The predicted octanol–water partition coefficient (Wildman–Crippen LogP) is 0.917. The number of rotatable bonds is 0. The summed E-state index contributed by atoms with van der Waals surface area (Å²) >= 11 is 0. The lowest BCUT2D eigenvalue weighted by Gasteiger charge is -2.27. The zero-order valence-corrected chi connectivity index (χ0v) is 7.36. The molecule has 4 atom stereocenters. The summed E-state index contributed by atoms with van der Waals surface area (Å²) < 4.78 is 5.21. The molecule has 0 aromatic rings. The molecule has 0 spiro atoms. The maximum Gasteiger partial charge on any atom is 0.317 e. The van der Waals surface area contributed by atoms with Crippen molar-refractivity contribution in [1.29, 1.82) is 0 Å². The van der Waals surface area contributed by atoms with E-state index >= 15 is 0 Å². The largest absolute Gasteiger partial charge is 0.461 e. The van der Waals surface area contributed by atoms with Crippen LogP contribution < -0.4 is 0 Å².